The van der Waals surface area contributed by atoms with Crippen molar-refractivity contribution in [1.82, 2.24) is 4.31 Å². The lowest BCUT2D eigenvalue weighted by molar-refractivity contribution is -0.137. The molecule has 3 atom stereocenters. The van der Waals surface area contributed by atoms with Gasteiger partial charge in [-0.25, -0.2) is 8.42 Å². The highest BCUT2D eigenvalue weighted by Gasteiger charge is 2.50. The van der Waals surface area contributed by atoms with Crippen LogP contribution in [0.1, 0.15) is 24.8 Å². The zero-order valence-corrected chi connectivity index (χ0v) is 14.4. The standard InChI is InChI=1S/C17H20F3NO3S/c1-2-8-25(22,23)21-14-7-6-12(9-14)16(21)11-24-15-5-3-4-13(10-15)17(18,19)20/h2-5,10,12,14,16H,1,6-9,11H2/t12-,14-,16-/m1/s1. The Labute approximate surface area is 145 Å². The number of hydrogen-bond donors (Lipinski definition) is 0. The molecule has 25 heavy (non-hydrogen) atoms. The first kappa shape index (κ1) is 18.3. The highest BCUT2D eigenvalue weighted by molar-refractivity contribution is 7.89. The van der Waals surface area contributed by atoms with E-state index in [-0.39, 0.29) is 36.1 Å². The van der Waals surface area contributed by atoms with E-state index in [1.54, 1.807) is 0 Å². The average molecular weight is 375 g/mol. The number of rotatable bonds is 6. The van der Waals surface area contributed by atoms with E-state index in [2.05, 4.69) is 6.58 Å². The summed E-state index contributed by atoms with van der Waals surface area (Å²) in [6.45, 7) is 3.54. The number of hydrogen-bond acceptors (Lipinski definition) is 3. The third kappa shape index (κ3) is 3.69. The molecule has 1 aromatic rings. The van der Waals surface area contributed by atoms with Crippen molar-refractivity contribution in [3.05, 3.63) is 42.5 Å². The van der Waals surface area contributed by atoms with Crippen molar-refractivity contribution >= 4 is 10.0 Å². The van der Waals surface area contributed by atoms with Crippen LogP contribution in [0.3, 0.4) is 0 Å². The van der Waals surface area contributed by atoms with Gasteiger partial charge >= 0.3 is 6.18 Å². The minimum atomic E-state index is -4.44. The van der Waals surface area contributed by atoms with E-state index in [9.17, 15) is 21.6 Å². The highest BCUT2D eigenvalue weighted by Crippen LogP contribution is 2.44. The maximum absolute atomic E-state index is 12.8. The molecule has 138 valence electrons. The molecule has 8 heteroatoms. The number of ether oxygens (including phenoxy) is 1. The number of halogens is 3. The average Bonchev–Trinajstić information content (AvgIpc) is 3.13. The van der Waals surface area contributed by atoms with Crippen LogP contribution in [0, 0.1) is 5.92 Å². The van der Waals surface area contributed by atoms with Crippen LogP contribution in [0.5, 0.6) is 5.75 Å². The summed E-state index contributed by atoms with van der Waals surface area (Å²) in [7, 11) is -3.47. The largest absolute Gasteiger partial charge is 0.492 e. The summed E-state index contributed by atoms with van der Waals surface area (Å²) < 4.78 is 70.4. The second-order valence-electron chi connectivity index (χ2n) is 6.53. The zero-order valence-electron chi connectivity index (χ0n) is 13.6. The van der Waals surface area contributed by atoms with Crippen LogP contribution >= 0.6 is 0 Å². The molecule has 2 aliphatic rings. The lowest BCUT2D eigenvalue weighted by Crippen LogP contribution is -2.48. The minimum Gasteiger partial charge on any atom is -0.492 e. The number of sulfonamides is 1. The molecule has 1 aromatic carbocycles. The van der Waals surface area contributed by atoms with Crippen molar-refractivity contribution in [2.24, 2.45) is 5.92 Å². The van der Waals surface area contributed by atoms with Gasteiger partial charge in [0.15, 0.2) is 0 Å². The van der Waals surface area contributed by atoms with Crippen LogP contribution in [0.4, 0.5) is 13.2 Å². The van der Waals surface area contributed by atoms with Crippen LogP contribution < -0.4 is 4.74 Å². The molecule has 0 spiro atoms. The Morgan fingerprint density at radius 2 is 2.08 bits per heavy atom. The third-order valence-electron chi connectivity index (χ3n) is 4.91. The number of nitrogens with zero attached hydrogens (tertiary/aromatic N) is 1. The Bertz CT molecular complexity index is 748. The van der Waals surface area contributed by atoms with Gasteiger partial charge in [0.25, 0.3) is 0 Å². The first-order valence-corrected chi connectivity index (χ1v) is 9.75. The molecular weight excluding hydrogens is 355 g/mol. The summed E-state index contributed by atoms with van der Waals surface area (Å²) >= 11 is 0. The fraction of sp³-hybridized carbons (Fsp3) is 0.529. The lowest BCUT2D eigenvalue weighted by Gasteiger charge is -2.33. The van der Waals surface area contributed by atoms with E-state index in [4.69, 9.17) is 4.74 Å². The van der Waals surface area contributed by atoms with Gasteiger partial charge in [-0.1, -0.05) is 12.1 Å². The molecule has 1 heterocycles. The predicted octanol–water partition coefficient (Wildman–Crippen LogP) is 3.45. The SMILES string of the molecule is C=CCS(=O)(=O)N1[C@@H]2CC[C@H](C2)[C@H]1COc1cccc(C(F)(F)F)c1. The summed E-state index contributed by atoms with van der Waals surface area (Å²) in [5.41, 5.74) is -0.783. The molecule has 0 radical (unpaired) electrons. The monoisotopic (exact) mass is 375 g/mol. The number of alkyl halides is 3. The first-order chi connectivity index (χ1) is 11.7. The number of benzene rings is 1. The van der Waals surface area contributed by atoms with Gasteiger partial charge in [0.05, 0.1) is 17.4 Å². The molecule has 1 aliphatic carbocycles. The van der Waals surface area contributed by atoms with E-state index in [1.807, 2.05) is 0 Å². The Balaban J connectivity index is 1.75. The molecule has 4 nitrogen and oxygen atoms in total. The van der Waals surface area contributed by atoms with Gasteiger partial charge < -0.3 is 4.74 Å². The molecule has 0 aromatic heterocycles. The Morgan fingerprint density at radius 3 is 2.76 bits per heavy atom. The van der Waals surface area contributed by atoms with E-state index < -0.39 is 21.8 Å². The van der Waals surface area contributed by atoms with Crippen LogP contribution in [-0.4, -0.2) is 37.2 Å². The van der Waals surface area contributed by atoms with Crippen molar-refractivity contribution in [1.29, 1.82) is 0 Å². The molecule has 1 saturated heterocycles. The minimum absolute atomic E-state index is 0.0370. The topological polar surface area (TPSA) is 46.6 Å². The number of piperidine rings is 1. The molecular formula is C17H20F3NO3S. The van der Waals surface area contributed by atoms with Crippen LogP contribution in [0.25, 0.3) is 0 Å². The quantitative estimate of drug-likeness (QED) is 0.716. The summed E-state index contributed by atoms with van der Waals surface area (Å²) in [6.07, 6.45) is -0.563. The molecule has 3 rings (SSSR count). The van der Waals surface area contributed by atoms with Gasteiger partial charge in [0, 0.05) is 6.04 Å². The van der Waals surface area contributed by atoms with Crippen molar-refractivity contribution in [2.75, 3.05) is 12.4 Å². The first-order valence-electron chi connectivity index (χ1n) is 8.14. The van der Waals surface area contributed by atoms with Crippen LogP contribution in [0.15, 0.2) is 36.9 Å². The van der Waals surface area contributed by atoms with Gasteiger partial charge in [0.2, 0.25) is 10.0 Å². The molecule has 0 unspecified atom stereocenters. The summed E-state index contributed by atoms with van der Waals surface area (Å²) in [4.78, 5) is 0. The fourth-order valence-electron chi connectivity index (χ4n) is 3.87. The molecule has 1 saturated carbocycles. The van der Waals surface area contributed by atoms with E-state index in [0.29, 0.717) is 0 Å². The van der Waals surface area contributed by atoms with E-state index in [0.717, 1.165) is 31.4 Å². The van der Waals surface area contributed by atoms with Crippen molar-refractivity contribution < 1.29 is 26.3 Å². The normalized spacial score (nSPS) is 26.8. The van der Waals surface area contributed by atoms with Crippen molar-refractivity contribution in [3.8, 4) is 5.75 Å². The van der Waals surface area contributed by atoms with Crippen LogP contribution in [0.2, 0.25) is 0 Å². The second kappa shape index (κ2) is 6.64. The van der Waals surface area contributed by atoms with Gasteiger partial charge in [-0.2, -0.15) is 17.5 Å². The maximum atomic E-state index is 12.8. The fourth-order valence-corrected chi connectivity index (χ4v) is 5.63. The molecule has 0 amide bonds. The van der Waals surface area contributed by atoms with E-state index in [1.165, 1.54) is 22.5 Å². The summed E-state index contributed by atoms with van der Waals surface area (Å²) in [5.74, 6) is 0.144. The van der Waals surface area contributed by atoms with Gasteiger partial charge in [-0.3, -0.25) is 0 Å². The van der Waals surface area contributed by atoms with Crippen molar-refractivity contribution in [2.45, 2.75) is 37.5 Å². The highest BCUT2D eigenvalue weighted by atomic mass is 32.2. The smallest absolute Gasteiger partial charge is 0.416 e. The maximum Gasteiger partial charge on any atom is 0.416 e. The Kier molecular flexibility index (Phi) is 4.85. The Hall–Kier alpha value is -1.54. The Morgan fingerprint density at radius 1 is 1.32 bits per heavy atom. The van der Waals surface area contributed by atoms with Gasteiger partial charge in [-0.15, -0.1) is 6.58 Å². The molecule has 0 N–H and O–H groups in total. The van der Waals surface area contributed by atoms with Crippen LogP contribution in [-0.2, 0) is 16.2 Å². The summed E-state index contributed by atoms with van der Waals surface area (Å²) in [5, 5.41) is 0. The molecule has 2 bridgehead atoms. The third-order valence-corrected chi connectivity index (χ3v) is 6.78. The molecule has 1 aliphatic heterocycles. The van der Waals surface area contributed by atoms with Gasteiger partial charge in [-0.05, 0) is 43.4 Å². The number of fused-ring (bicyclic) bond motifs is 2. The summed E-state index contributed by atoms with van der Waals surface area (Å²) in [6, 6.07) is 4.28. The zero-order chi connectivity index (χ0) is 18.2. The molecule has 2 fully saturated rings. The van der Waals surface area contributed by atoms with Gasteiger partial charge in [0.1, 0.15) is 12.4 Å². The lowest BCUT2D eigenvalue weighted by atomic mass is 10.0. The predicted molar refractivity (Wildman–Crippen MR) is 87.7 cm³/mol. The van der Waals surface area contributed by atoms with E-state index >= 15 is 0 Å². The van der Waals surface area contributed by atoms with Crippen molar-refractivity contribution in [3.63, 3.8) is 0 Å². The second-order valence-corrected chi connectivity index (χ2v) is 8.45.